The molecule has 0 saturated carbocycles. The van der Waals surface area contributed by atoms with Gasteiger partial charge >= 0.3 is 0 Å². The minimum absolute atomic E-state index is 0.236. The van der Waals surface area contributed by atoms with Crippen molar-refractivity contribution in [2.24, 2.45) is 0 Å². The molecule has 0 heterocycles. The molecule has 0 atom stereocenters. The number of carbonyl (C=O) groups is 1. The lowest BCUT2D eigenvalue weighted by Crippen LogP contribution is -2.12. The highest BCUT2D eigenvalue weighted by atomic mass is 16.1. The maximum Gasteiger partial charge on any atom is 0.131 e. The Hall–Kier alpha value is -0.370. The Bertz CT molecular complexity index is 70.9. The molecular formula is C6H12NO. The van der Waals surface area contributed by atoms with Gasteiger partial charge < -0.3 is 5.32 Å². The van der Waals surface area contributed by atoms with Crippen LogP contribution in [0.25, 0.3) is 0 Å². The van der Waals surface area contributed by atoms with Crippen LogP contribution >= 0.6 is 0 Å². The van der Waals surface area contributed by atoms with Gasteiger partial charge in [0.25, 0.3) is 0 Å². The first kappa shape index (κ1) is 7.63. The van der Waals surface area contributed by atoms with Gasteiger partial charge in [-0.05, 0) is 13.8 Å². The van der Waals surface area contributed by atoms with Gasteiger partial charge in [0.2, 0.25) is 0 Å². The van der Waals surface area contributed by atoms with E-state index in [0.29, 0.717) is 6.42 Å². The van der Waals surface area contributed by atoms with Crippen LogP contribution in [0.15, 0.2) is 0 Å². The van der Waals surface area contributed by atoms with Crippen LogP contribution in [0, 0.1) is 6.54 Å². The SMILES string of the molecule is C[CH]NCCC(C)=O. The molecule has 2 heteroatoms. The zero-order valence-electron chi connectivity index (χ0n) is 5.40. The minimum Gasteiger partial charge on any atom is -0.312 e. The van der Waals surface area contributed by atoms with Crippen LogP contribution in [0.3, 0.4) is 0 Å². The third-order valence-electron chi connectivity index (χ3n) is 0.826. The smallest absolute Gasteiger partial charge is 0.131 e. The number of carbonyl (C=O) groups excluding carboxylic acids is 1. The molecular weight excluding hydrogens is 102 g/mol. The van der Waals surface area contributed by atoms with Gasteiger partial charge in [-0.15, -0.1) is 0 Å². The quantitative estimate of drug-likeness (QED) is 0.546. The first-order chi connectivity index (χ1) is 3.77. The molecule has 0 fully saturated rings. The van der Waals surface area contributed by atoms with Crippen molar-refractivity contribution in [3.05, 3.63) is 6.54 Å². The fourth-order valence-corrected chi connectivity index (χ4v) is 0.393. The van der Waals surface area contributed by atoms with Gasteiger partial charge in [0.1, 0.15) is 5.78 Å². The van der Waals surface area contributed by atoms with E-state index in [1.807, 2.05) is 13.5 Å². The average molecular weight is 114 g/mol. The van der Waals surface area contributed by atoms with Gasteiger partial charge in [0, 0.05) is 19.5 Å². The third-order valence-corrected chi connectivity index (χ3v) is 0.826. The maximum absolute atomic E-state index is 10.3. The molecule has 0 bridgehead atoms. The van der Waals surface area contributed by atoms with Crippen LogP contribution in [-0.2, 0) is 4.79 Å². The summed E-state index contributed by atoms with van der Waals surface area (Å²) in [7, 11) is 0. The summed E-state index contributed by atoms with van der Waals surface area (Å²) in [4.78, 5) is 10.3. The summed E-state index contributed by atoms with van der Waals surface area (Å²) in [5.74, 6) is 0.236. The van der Waals surface area contributed by atoms with Crippen molar-refractivity contribution in [1.29, 1.82) is 0 Å². The molecule has 0 aliphatic carbocycles. The fraction of sp³-hybridized carbons (Fsp3) is 0.667. The van der Waals surface area contributed by atoms with Crippen LogP contribution < -0.4 is 5.32 Å². The second kappa shape index (κ2) is 4.78. The highest BCUT2D eigenvalue weighted by Crippen LogP contribution is 1.77. The molecule has 2 nitrogen and oxygen atoms in total. The molecule has 0 unspecified atom stereocenters. The maximum atomic E-state index is 10.3. The summed E-state index contributed by atoms with van der Waals surface area (Å²) in [6.07, 6.45) is 0.629. The van der Waals surface area contributed by atoms with Crippen molar-refractivity contribution in [3.63, 3.8) is 0 Å². The molecule has 0 rings (SSSR count). The van der Waals surface area contributed by atoms with E-state index in [4.69, 9.17) is 0 Å². The highest BCUT2D eigenvalue weighted by molar-refractivity contribution is 5.75. The Morgan fingerprint density at radius 3 is 2.75 bits per heavy atom. The van der Waals surface area contributed by atoms with Gasteiger partial charge in [-0.2, -0.15) is 0 Å². The van der Waals surface area contributed by atoms with E-state index in [2.05, 4.69) is 5.32 Å². The lowest BCUT2D eigenvalue weighted by Gasteiger charge is -1.94. The molecule has 8 heavy (non-hydrogen) atoms. The molecule has 0 aromatic rings. The summed E-state index contributed by atoms with van der Waals surface area (Å²) < 4.78 is 0. The van der Waals surface area contributed by atoms with E-state index >= 15 is 0 Å². The van der Waals surface area contributed by atoms with Crippen molar-refractivity contribution in [1.82, 2.24) is 5.32 Å². The predicted molar refractivity (Wildman–Crippen MR) is 33.3 cm³/mol. The molecule has 0 aliphatic heterocycles. The lowest BCUT2D eigenvalue weighted by atomic mass is 10.3. The van der Waals surface area contributed by atoms with Crippen LogP contribution in [0.5, 0.6) is 0 Å². The number of ketones is 1. The van der Waals surface area contributed by atoms with E-state index in [9.17, 15) is 4.79 Å². The largest absolute Gasteiger partial charge is 0.312 e. The minimum atomic E-state index is 0.236. The molecule has 0 aliphatic rings. The van der Waals surface area contributed by atoms with Crippen LogP contribution in [0.2, 0.25) is 0 Å². The Labute approximate surface area is 50.3 Å². The van der Waals surface area contributed by atoms with Crippen molar-refractivity contribution in [2.45, 2.75) is 20.3 Å². The van der Waals surface area contributed by atoms with Gasteiger partial charge in [0.15, 0.2) is 0 Å². The van der Waals surface area contributed by atoms with Crippen molar-refractivity contribution >= 4 is 5.78 Å². The number of Topliss-reactive ketones (excluding diaryl/α,β-unsaturated/α-hetero) is 1. The first-order valence-corrected chi connectivity index (χ1v) is 2.78. The van der Waals surface area contributed by atoms with E-state index in [-0.39, 0.29) is 5.78 Å². The zero-order chi connectivity index (χ0) is 6.41. The fourth-order valence-electron chi connectivity index (χ4n) is 0.393. The lowest BCUT2D eigenvalue weighted by molar-refractivity contribution is -0.116. The van der Waals surface area contributed by atoms with Gasteiger partial charge in [-0.25, -0.2) is 0 Å². The van der Waals surface area contributed by atoms with Crippen LogP contribution in [0.1, 0.15) is 20.3 Å². The molecule has 47 valence electrons. The second-order valence-corrected chi connectivity index (χ2v) is 1.69. The summed E-state index contributed by atoms with van der Waals surface area (Å²) in [5, 5.41) is 2.93. The van der Waals surface area contributed by atoms with Crippen molar-refractivity contribution in [3.8, 4) is 0 Å². The average Bonchev–Trinajstić information content (AvgIpc) is 1.66. The summed E-state index contributed by atoms with van der Waals surface area (Å²) >= 11 is 0. The Balaban J connectivity index is 2.82. The Kier molecular flexibility index (Phi) is 4.56. The van der Waals surface area contributed by atoms with E-state index in [1.165, 1.54) is 0 Å². The van der Waals surface area contributed by atoms with Crippen molar-refractivity contribution in [2.75, 3.05) is 6.54 Å². The van der Waals surface area contributed by atoms with E-state index in [1.54, 1.807) is 6.92 Å². The normalized spacial score (nSPS) is 9.25. The number of nitrogens with one attached hydrogen (secondary N) is 1. The summed E-state index contributed by atoms with van der Waals surface area (Å²) in [5.41, 5.74) is 0. The zero-order valence-corrected chi connectivity index (χ0v) is 5.40. The van der Waals surface area contributed by atoms with E-state index < -0.39 is 0 Å². The molecule has 0 spiro atoms. The monoisotopic (exact) mass is 114 g/mol. The van der Waals surface area contributed by atoms with Crippen LogP contribution in [0.4, 0.5) is 0 Å². The second-order valence-electron chi connectivity index (χ2n) is 1.69. The number of rotatable bonds is 4. The van der Waals surface area contributed by atoms with Gasteiger partial charge in [-0.3, -0.25) is 4.79 Å². The standard InChI is InChI=1S/C6H12NO/c1-3-7-5-4-6(2)8/h3,7H,4-5H2,1-2H3. The summed E-state index contributed by atoms with van der Waals surface area (Å²) in [6, 6.07) is 0. The molecule has 1 N–H and O–H groups in total. The number of hydrogen-bond donors (Lipinski definition) is 1. The van der Waals surface area contributed by atoms with E-state index in [0.717, 1.165) is 6.54 Å². The Morgan fingerprint density at radius 1 is 1.75 bits per heavy atom. The first-order valence-electron chi connectivity index (χ1n) is 2.78. The van der Waals surface area contributed by atoms with Gasteiger partial charge in [0.05, 0.1) is 0 Å². The molecule has 0 amide bonds. The molecule has 0 aromatic heterocycles. The topological polar surface area (TPSA) is 29.1 Å². The van der Waals surface area contributed by atoms with Gasteiger partial charge in [-0.1, -0.05) is 0 Å². The molecule has 1 radical (unpaired) electrons. The predicted octanol–water partition coefficient (Wildman–Crippen LogP) is 0.737. The summed E-state index contributed by atoms with van der Waals surface area (Å²) in [6.45, 7) is 6.10. The van der Waals surface area contributed by atoms with Crippen molar-refractivity contribution < 1.29 is 4.79 Å². The highest BCUT2D eigenvalue weighted by Gasteiger charge is 1.88. The van der Waals surface area contributed by atoms with Crippen LogP contribution in [-0.4, -0.2) is 12.3 Å². The number of hydrogen-bond acceptors (Lipinski definition) is 2. The third kappa shape index (κ3) is 5.63. The molecule has 0 saturated heterocycles. The Morgan fingerprint density at radius 2 is 2.38 bits per heavy atom. The molecule has 0 aromatic carbocycles.